The third kappa shape index (κ3) is 2.06. The van der Waals surface area contributed by atoms with Crippen LogP contribution in [0.4, 0.5) is 0 Å². The van der Waals surface area contributed by atoms with Crippen LogP contribution in [0.25, 0.3) is 0 Å². The molecule has 3 rings (SSSR count). The molecule has 0 aliphatic carbocycles. The van der Waals surface area contributed by atoms with Crippen molar-refractivity contribution in [1.29, 1.82) is 0 Å². The predicted octanol–water partition coefficient (Wildman–Crippen LogP) is 1.75. The molecule has 0 saturated carbocycles. The fraction of sp³-hybridized carbons (Fsp3) is 0.615. The molecule has 0 spiro atoms. The molecule has 5 heteroatoms. The summed E-state index contributed by atoms with van der Waals surface area (Å²) in [5.74, 6) is 0.177. The fourth-order valence-electron chi connectivity index (χ4n) is 2.83. The largest absolute Gasteiger partial charge is 0.376 e. The first kappa shape index (κ1) is 12.1. The minimum Gasteiger partial charge on any atom is -0.376 e. The van der Waals surface area contributed by atoms with Crippen molar-refractivity contribution in [2.24, 2.45) is 0 Å². The lowest BCUT2D eigenvalue weighted by molar-refractivity contribution is -0.132. The maximum absolute atomic E-state index is 12.1. The third-order valence-electron chi connectivity index (χ3n) is 3.77. The van der Waals surface area contributed by atoms with Crippen molar-refractivity contribution in [2.45, 2.75) is 38.1 Å². The second-order valence-corrected chi connectivity index (χ2v) is 5.87. The number of hydrogen-bond donors (Lipinski definition) is 1. The maximum Gasteiger partial charge on any atom is 0.238 e. The SMILES string of the molecule is CC(C1CCCO1)N1C(=O)CNC1c1cccs1. The van der Waals surface area contributed by atoms with Gasteiger partial charge in [-0.3, -0.25) is 10.1 Å². The van der Waals surface area contributed by atoms with Gasteiger partial charge in [-0.15, -0.1) is 11.3 Å². The van der Waals surface area contributed by atoms with Gasteiger partial charge in [0.25, 0.3) is 0 Å². The van der Waals surface area contributed by atoms with Gasteiger partial charge < -0.3 is 9.64 Å². The molecule has 3 atom stereocenters. The number of amides is 1. The maximum atomic E-state index is 12.1. The van der Waals surface area contributed by atoms with Crippen molar-refractivity contribution in [3.8, 4) is 0 Å². The molecule has 0 aromatic carbocycles. The second-order valence-electron chi connectivity index (χ2n) is 4.89. The van der Waals surface area contributed by atoms with Crippen molar-refractivity contribution in [2.75, 3.05) is 13.2 Å². The molecule has 1 N–H and O–H groups in total. The van der Waals surface area contributed by atoms with Gasteiger partial charge in [0.1, 0.15) is 6.17 Å². The lowest BCUT2D eigenvalue weighted by Crippen LogP contribution is -2.44. The van der Waals surface area contributed by atoms with Crippen LogP contribution in [-0.4, -0.2) is 36.1 Å². The van der Waals surface area contributed by atoms with Gasteiger partial charge >= 0.3 is 0 Å². The van der Waals surface area contributed by atoms with Crippen LogP contribution in [0.2, 0.25) is 0 Å². The zero-order valence-electron chi connectivity index (χ0n) is 10.5. The van der Waals surface area contributed by atoms with Crippen molar-refractivity contribution in [3.05, 3.63) is 22.4 Å². The number of rotatable bonds is 3. The molecule has 18 heavy (non-hydrogen) atoms. The zero-order chi connectivity index (χ0) is 12.5. The van der Waals surface area contributed by atoms with Crippen LogP contribution in [0.5, 0.6) is 0 Å². The summed E-state index contributed by atoms with van der Waals surface area (Å²) >= 11 is 1.69. The number of nitrogens with one attached hydrogen (secondary N) is 1. The van der Waals surface area contributed by atoms with E-state index in [0.717, 1.165) is 19.4 Å². The highest BCUT2D eigenvalue weighted by molar-refractivity contribution is 7.10. The van der Waals surface area contributed by atoms with E-state index in [9.17, 15) is 4.79 Å². The first-order valence-corrected chi connectivity index (χ1v) is 7.35. The molecule has 4 nitrogen and oxygen atoms in total. The molecule has 1 aromatic rings. The number of hydrogen-bond acceptors (Lipinski definition) is 4. The summed E-state index contributed by atoms with van der Waals surface area (Å²) < 4.78 is 5.72. The van der Waals surface area contributed by atoms with Crippen LogP contribution in [0.15, 0.2) is 17.5 Å². The summed E-state index contributed by atoms with van der Waals surface area (Å²) in [4.78, 5) is 15.3. The Bertz CT molecular complexity index is 415. The van der Waals surface area contributed by atoms with Crippen molar-refractivity contribution in [3.63, 3.8) is 0 Å². The summed E-state index contributed by atoms with van der Waals surface area (Å²) in [6.07, 6.45) is 2.38. The third-order valence-corrected chi connectivity index (χ3v) is 4.69. The second kappa shape index (κ2) is 4.99. The standard InChI is InChI=1S/C13H18N2O2S/c1-9(10-4-2-6-17-10)15-12(16)8-14-13(15)11-5-3-7-18-11/h3,5,7,9-10,13-14H,2,4,6,8H2,1H3. The first-order chi connectivity index (χ1) is 8.77. The summed E-state index contributed by atoms with van der Waals surface area (Å²) in [5.41, 5.74) is 0. The molecule has 1 amide bonds. The van der Waals surface area contributed by atoms with Gasteiger partial charge in [0.2, 0.25) is 5.91 Å². The molecule has 2 aliphatic heterocycles. The normalized spacial score (nSPS) is 30.1. The van der Waals surface area contributed by atoms with Crippen LogP contribution in [0, 0.1) is 0 Å². The summed E-state index contributed by atoms with van der Waals surface area (Å²) in [5, 5.41) is 5.34. The van der Waals surface area contributed by atoms with E-state index in [0.29, 0.717) is 6.54 Å². The summed E-state index contributed by atoms with van der Waals surface area (Å²) in [7, 11) is 0. The molecule has 2 saturated heterocycles. The molecule has 0 radical (unpaired) electrons. The van der Waals surface area contributed by atoms with E-state index in [1.165, 1.54) is 4.88 Å². The van der Waals surface area contributed by atoms with Gasteiger partial charge in [-0.25, -0.2) is 0 Å². The van der Waals surface area contributed by atoms with E-state index in [4.69, 9.17) is 4.74 Å². The molecular formula is C13H18N2O2S. The quantitative estimate of drug-likeness (QED) is 0.906. The minimum atomic E-state index is 0.0247. The monoisotopic (exact) mass is 266 g/mol. The van der Waals surface area contributed by atoms with Gasteiger partial charge in [0.15, 0.2) is 0 Å². The van der Waals surface area contributed by atoms with Crippen molar-refractivity contribution < 1.29 is 9.53 Å². The van der Waals surface area contributed by atoms with Crippen LogP contribution in [0.1, 0.15) is 30.8 Å². The average Bonchev–Trinajstić information content (AvgIpc) is 3.10. The van der Waals surface area contributed by atoms with Gasteiger partial charge in [-0.2, -0.15) is 0 Å². The topological polar surface area (TPSA) is 41.6 Å². The van der Waals surface area contributed by atoms with Gasteiger partial charge in [-0.1, -0.05) is 6.07 Å². The average molecular weight is 266 g/mol. The molecular weight excluding hydrogens is 248 g/mol. The molecule has 98 valence electrons. The van der Waals surface area contributed by atoms with Gasteiger partial charge in [0, 0.05) is 11.5 Å². The Labute approximate surface area is 111 Å². The Hall–Kier alpha value is -0.910. The number of nitrogens with zero attached hydrogens (tertiary/aromatic N) is 1. The lowest BCUT2D eigenvalue weighted by Gasteiger charge is -2.33. The number of thiophene rings is 1. The van der Waals surface area contributed by atoms with Crippen LogP contribution in [0.3, 0.4) is 0 Å². The fourth-order valence-corrected chi connectivity index (χ4v) is 3.62. The van der Waals surface area contributed by atoms with E-state index in [1.54, 1.807) is 11.3 Å². The van der Waals surface area contributed by atoms with E-state index < -0.39 is 0 Å². The highest BCUT2D eigenvalue weighted by Crippen LogP contribution is 2.31. The van der Waals surface area contributed by atoms with E-state index >= 15 is 0 Å². The molecule has 1 aromatic heterocycles. The Morgan fingerprint density at radius 1 is 1.61 bits per heavy atom. The number of ether oxygens (including phenoxy) is 1. The summed E-state index contributed by atoms with van der Waals surface area (Å²) in [6.45, 7) is 3.36. The molecule has 3 heterocycles. The van der Waals surface area contributed by atoms with Gasteiger partial charge in [0.05, 0.1) is 18.7 Å². The van der Waals surface area contributed by atoms with Crippen LogP contribution < -0.4 is 5.32 Å². The van der Waals surface area contributed by atoms with Crippen molar-refractivity contribution >= 4 is 17.2 Å². The predicted molar refractivity (Wildman–Crippen MR) is 70.3 cm³/mol. The number of carbonyl (C=O) groups is 1. The minimum absolute atomic E-state index is 0.0247. The van der Waals surface area contributed by atoms with E-state index in [-0.39, 0.29) is 24.2 Å². The molecule has 0 bridgehead atoms. The highest BCUT2D eigenvalue weighted by atomic mass is 32.1. The lowest BCUT2D eigenvalue weighted by atomic mass is 10.1. The van der Waals surface area contributed by atoms with Crippen LogP contribution in [-0.2, 0) is 9.53 Å². The Balaban J connectivity index is 1.80. The summed E-state index contributed by atoms with van der Waals surface area (Å²) in [6, 6.07) is 4.25. The van der Waals surface area contributed by atoms with Crippen molar-refractivity contribution in [1.82, 2.24) is 10.2 Å². The molecule has 2 fully saturated rings. The van der Waals surface area contributed by atoms with E-state index in [2.05, 4.69) is 23.7 Å². The number of carbonyl (C=O) groups excluding carboxylic acids is 1. The Kier molecular flexibility index (Phi) is 3.37. The molecule has 2 aliphatic rings. The van der Waals surface area contributed by atoms with Crippen LogP contribution >= 0.6 is 11.3 Å². The Morgan fingerprint density at radius 2 is 2.50 bits per heavy atom. The first-order valence-electron chi connectivity index (χ1n) is 6.47. The molecule has 3 unspecified atom stereocenters. The zero-order valence-corrected chi connectivity index (χ0v) is 11.3. The van der Waals surface area contributed by atoms with E-state index in [1.807, 2.05) is 11.0 Å². The highest BCUT2D eigenvalue weighted by Gasteiger charge is 2.39. The Morgan fingerprint density at radius 3 is 3.17 bits per heavy atom. The van der Waals surface area contributed by atoms with Gasteiger partial charge in [-0.05, 0) is 31.2 Å². The smallest absolute Gasteiger partial charge is 0.238 e.